The summed E-state index contributed by atoms with van der Waals surface area (Å²) in [6.45, 7) is 32.7. The molecule has 0 aromatic heterocycles. The second-order valence-corrected chi connectivity index (χ2v) is 28.3. The number of aliphatic hydroxyl groups excluding tert-OH is 1. The van der Waals surface area contributed by atoms with Gasteiger partial charge in [-0.1, -0.05) is 139 Å². The molecule has 1 saturated heterocycles. The van der Waals surface area contributed by atoms with Gasteiger partial charge in [-0.05, 0) is 93.3 Å². The van der Waals surface area contributed by atoms with E-state index in [9.17, 15) is 38.7 Å². The fourth-order valence-electron chi connectivity index (χ4n) is 11.7. The molecule has 0 aromatic carbocycles. The van der Waals surface area contributed by atoms with Crippen molar-refractivity contribution in [3.05, 3.63) is 24.4 Å². The predicted octanol–water partition coefficient (Wildman–Crippen LogP) is 7.82. The van der Waals surface area contributed by atoms with Crippen LogP contribution in [0.15, 0.2) is 24.4 Å². The summed E-state index contributed by atoms with van der Waals surface area (Å²) in [5.41, 5.74) is -0.289. The standard InChI is InChI=1S/C67H115BrN8O12/c1-25-48-36-56(79)58(59(80)44(14)29-27-26-28-30-68)76(24)67(88)57(43(12)13)75(23)66(87)53(34-41(8)9)74(22)65(86)52(33-40(6)7)73(21)61(82)46(16)69-60(81)45(15)35-54(77)50(31-38(2)3)72(20)64(85)49(42(10)11)37-55(78)51(32-39(4)5)71(19)62(83)47(17)70(18)63(48)84/h26-27,38-46,48-53,57-59,80H,17,25,28-37H2,1-16,18-24H3,(H,69,81)/b27-26+/t44-,45+,46+,48+,49-,50-,51+,52-,53-,57-,58+,59-/m1/s1. The van der Waals surface area contributed by atoms with Crippen molar-refractivity contribution in [3.63, 3.8) is 0 Å². The van der Waals surface area contributed by atoms with Gasteiger partial charge < -0.3 is 44.7 Å². The topological polar surface area (TPSA) is 243 Å². The highest BCUT2D eigenvalue weighted by molar-refractivity contribution is 9.09. The van der Waals surface area contributed by atoms with E-state index in [4.69, 9.17) is 0 Å². The number of hydrogen-bond donors (Lipinski definition) is 2. The van der Waals surface area contributed by atoms with Crippen molar-refractivity contribution in [2.45, 2.75) is 223 Å². The molecule has 0 unspecified atom stereocenters. The molecular formula is C67H115BrN8O12. The van der Waals surface area contributed by atoms with E-state index in [0.717, 1.165) is 9.80 Å². The van der Waals surface area contributed by atoms with Crippen molar-refractivity contribution in [2.24, 2.45) is 59.2 Å². The number of hydrogen-bond acceptors (Lipinski definition) is 12. The van der Waals surface area contributed by atoms with Gasteiger partial charge in [0.25, 0.3) is 5.91 Å². The third kappa shape index (κ3) is 22.6. The first kappa shape index (κ1) is 80.7. The van der Waals surface area contributed by atoms with Gasteiger partial charge >= 0.3 is 0 Å². The van der Waals surface area contributed by atoms with E-state index < -0.39 is 155 Å². The Morgan fingerprint density at radius 2 is 0.955 bits per heavy atom. The Balaban J connectivity index is 4.40. The van der Waals surface area contributed by atoms with Crippen molar-refractivity contribution in [1.82, 2.24) is 39.6 Å². The van der Waals surface area contributed by atoms with Crippen molar-refractivity contribution in [2.75, 3.05) is 54.7 Å². The van der Waals surface area contributed by atoms with Crippen molar-refractivity contribution < 1.29 is 57.8 Å². The zero-order chi connectivity index (χ0) is 68.3. The summed E-state index contributed by atoms with van der Waals surface area (Å²) < 4.78 is 0. The smallest absolute Gasteiger partial charge is 0.270 e. The summed E-state index contributed by atoms with van der Waals surface area (Å²) in [6, 6.07) is -8.28. The number of nitrogens with one attached hydrogen (secondary N) is 1. The molecule has 0 spiro atoms. The molecular weight excluding hydrogens is 1190 g/mol. The number of alkyl halides is 1. The maximum Gasteiger partial charge on any atom is 0.270 e. The number of Topliss-reactive ketones (excluding diaryl/α,β-unsaturated/α-hetero) is 3. The highest BCUT2D eigenvalue weighted by atomic mass is 79.9. The lowest BCUT2D eigenvalue weighted by Gasteiger charge is -2.41. The third-order valence-corrected chi connectivity index (χ3v) is 17.9. The van der Waals surface area contributed by atoms with Gasteiger partial charge in [0.2, 0.25) is 41.4 Å². The normalized spacial score (nSPS) is 26.7. The summed E-state index contributed by atoms with van der Waals surface area (Å²) in [5.74, 6) is -11.5. The van der Waals surface area contributed by atoms with Crippen LogP contribution in [0.5, 0.6) is 0 Å². The number of halogens is 1. The molecule has 12 atom stereocenters. The lowest BCUT2D eigenvalue weighted by atomic mass is 9.84. The molecule has 8 amide bonds. The summed E-state index contributed by atoms with van der Waals surface area (Å²) in [6.07, 6.45) is 3.18. The van der Waals surface area contributed by atoms with Gasteiger partial charge in [-0.15, -0.1) is 0 Å². The average Bonchev–Trinajstić information content (AvgIpc) is 1.47. The highest BCUT2D eigenvalue weighted by Gasteiger charge is 2.46. The Hall–Kier alpha value is -5.31. The Bertz CT molecular complexity index is 2440. The van der Waals surface area contributed by atoms with Crippen LogP contribution < -0.4 is 5.32 Å². The van der Waals surface area contributed by atoms with Crippen LogP contribution in [-0.2, 0) is 52.7 Å². The van der Waals surface area contributed by atoms with Gasteiger partial charge in [-0.25, -0.2) is 0 Å². The first-order chi connectivity index (χ1) is 40.6. The van der Waals surface area contributed by atoms with Crippen LogP contribution in [-0.4, -0.2) is 207 Å². The summed E-state index contributed by atoms with van der Waals surface area (Å²) in [7, 11) is 10.1. The zero-order valence-electron chi connectivity index (χ0n) is 58.0. The number of ketones is 3. The number of nitrogens with zero attached hydrogens (tertiary/aromatic N) is 7. The van der Waals surface area contributed by atoms with E-state index in [2.05, 4.69) is 27.8 Å². The molecule has 1 aliphatic heterocycles. The zero-order valence-corrected chi connectivity index (χ0v) is 59.6. The van der Waals surface area contributed by atoms with E-state index >= 15 is 19.2 Å². The molecule has 0 aromatic rings. The third-order valence-electron chi connectivity index (χ3n) is 17.4. The molecule has 1 fully saturated rings. The maximum atomic E-state index is 15.3. The van der Waals surface area contributed by atoms with Crippen LogP contribution >= 0.6 is 15.9 Å². The monoisotopic (exact) mass is 1300 g/mol. The molecule has 0 aliphatic carbocycles. The van der Waals surface area contributed by atoms with Crippen molar-refractivity contribution >= 4 is 80.5 Å². The molecule has 2 N–H and O–H groups in total. The van der Waals surface area contributed by atoms with Crippen LogP contribution in [0.1, 0.15) is 175 Å². The number of allylic oxidation sites excluding steroid dienone is 2. The number of likely N-dealkylation sites (N-methyl/N-ethyl adjacent to an activating group) is 7. The van der Waals surface area contributed by atoms with Crippen molar-refractivity contribution in [3.8, 4) is 0 Å². The Morgan fingerprint density at radius 3 is 1.41 bits per heavy atom. The fourth-order valence-corrected chi connectivity index (χ4v) is 11.9. The molecule has 21 heteroatoms. The quantitative estimate of drug-likeness (QED) is 0.0805. The largest absolute Gasteiger partial charge is 0.390 e. The number of aliphatic hydroxyl groups is 1. The van der Waals surface area contributed by atoms with Crippen molar-refractivity contribution in [1.29, 1.82) is 0 Å². The first-order valence-electron chi connectivity index (χ1n) is 32.0. The number of carbonyl (C=O) groups is 11. The molecule has 0 radical (unpaired) electrons. The van der Waals surface area contributed by atoms with Crippen LogP contribution in [0.25, 0.3) is 0 Å². The van der Waals surface area contributed by atoms with E-state index in [1.165, 1.54) is 80.8 Å². The number of amides is 8. The van der Waals surface area contributed by atoms with E-state index in [1.807, 2.05) is 67.5 Å². The van der Waals surface area contributed by atoms with Crippen LogP contribution in [0.4, 0.5) is 0 Å². The highest BCUT2D eigenvalue weighted by Crippen LogP contribution is 2.30. The van der Waals surface area contributed by atoms with Gasteiger partial charge in [0.05, 0.1) is 18.2 Å². The molecule has 0 saturated carbocycles. The van der Waals surface area contributed by atoms with Gasteiger partial charge in [0.15, 0.2) is 17.3 Å². The van der Waals surface area contributed by atoms with Gasteiger partial charge in [-0.3, -0.25) is 52.7 Å². The second kappa shape index (κ2) is 37.1. The maximum absolute atomic E-state index is 15.3. The molecule has 20 nitrogen and oxygen atoms in total. The summed E-state index contributed by atoms with van der Waals surface area (Å²) in [4.78, 5) is 171. The van der Waals surface area contributed by atoms with Crippen LogP contribution in [0.3, 0.4) is 0 Å². The summed E-state index contributed by atoms with van der Waals surface area (Å²) in [5, 5.41) is 15.7. The number of rotatable bonds is 17. The number of carbonyl (C=O) groups excluding carboxylic acids is 11. The minimum Gasteiger partial charge on any atom is -0.390 e. The Morgan fingerprint density at radius 1 is 0.523 bits per heavy atom. The molecule has 88 heavy (non-hydrogen) atoms. The first-order valence-corrected chi connectivity index (χ1v) is 33.1. The van der Waals surface area contributed by atoms with E-state index in [0.29, 0.717) is 18.2 Å². The molecule has 1 aliphatic rings. The second-order valence-electron chi connectivity index (χ2n) is 27.5. The van der Waals surface area contributed by atoms with E-state index in [1.54, 1.807) is 48.5 Å². The predicted molar refractivity (Wildman–Crippen MR) is 349 cm³/mol. The average molecular weight is 1300 g/mol. The van der Waals surface area contributed by atoms with Gasteiger partial charge in [-0.2, -0.15) is 0 Å². The Labute approximate surface area is 537 Å². The summed E-state index contributed by atoms with van der Waals surface area (Å²) >= 11 is 3.42. The lowest BCUT2D eigenvalue weighted by Crippen LogP contribution is -2.61. The van der Waals surface area contributed by atoms with Gasteiger partial charge in [0.1, 0.15) is 35.9 Å². The van der Waals surface area contributed by atoms with E-state index in [-0.39, 0.29) is 74.3 Å². The fraction of sp³-hybridized carbons (Fsp3) is 0.776. The molecule has 1 heterocycles. The SMILES string of the molecule is C=C1C(=O)N(C)[C@@H](CC(C)C)C(=O)C[C@H](C(C)C)C(=O)N(C)[C@H](CC(C)C)C(=O)C[C@H](C)C(=O)N[C@@H](C)C(=O)N(C)[C@H](CC(C)C)C(=O)N(C)[C@H](CC(C)C)C(=O)N(C)[C@H](C(C)C)C(=O)N(C)[C@H]([C@H](O)[C@H](C)C/C=C/CCBr)C(=O)C[C@H](CC)C(=O)N1C. The molecule has 1 rings (SSSR count). The van der Waals surface area contributed by atoms with Crippen LogP contribution in [0, 0.1) is 59.2 Å². The molecule has 502 valence electrons. The lowest BCUT2D eigenvalue weighted by molar-refractivity contribution is -0.157. The molecule has 0 bridgehead atoms. The minimum absolute atomic E-state index is 0.0773. The van der Waals surface area contributed by atoms with Crippen LogP contribution in [0.2, 0.25) is 0 Å². The van der Waals surface area contributed by atoms with Gasteiger partial charge in [0, 0.05) is 91.7 Å². The minimum atomic E-state index is -1.53. The Kier molecular flexibility index (Phi) is 34.0.